The van der Waals surface area contributed by atoms with Crippen molar-refractivity contribution in [1.82, 2.24) is 5.32 Å². The Morgan fingerprint density at radius 2 is 2.00 bits per heavy atom. The van der Waals surface area contributed by atoms with Crippen LogP contribution in [0.15, 0.2) is 42.5 Å². The maximum absolute atomic E-state index is 6.19. The van der Waals surface area contributed by atoms with Crippen LogP contribution < -0.4 is 10.1 Å². The second-order valence-electron chi connectivity index (χ2n) is 4.89. The molecule has 0 amide bonds. The van der Waals surface area contributed by atoms with E-state index in [9.17, 15) is 0 Å². The second-order valence-corrected chi connectivity index (χ2v) is 5.29. The Kier molecular flexibility index (Phi) is 5.05. The Morgan fingerprint density at radius 1 is 1.20 bits per heavy atom. The van der Waals surface area contributed by atoms with Gasteiger partial charge in [0.05, 0.1) is 5.02 Å². The Bertz CT molecular complexity index is 583. The summed E-state index contributed by atoms with van der Waals surface area (Å²) in [5.74, 6) is 1.49. The highest BCUT2D eigenvalue weighted by Crippen LogP contribution is 2.31. The first kappa shape index (κ1) is 14.9. The van der Waals surface area contributed by atoms with E-state index in [1.54, 1.807) is 0 Å². The molecule has 2 aromatic carbocycles. The summed E-state index contributed by atoms with van der Waals surface area (Å²) >= 11 is 6.19. The number of halogens is 1. The van der Waals surface area contributed by atoms with Crippen molar-refractivity contribution in [2.24, 2.45) is 0 Å². The van der Waals surface area contributed by atoms with Crippen LogP contribution in [0.2, 0.25) is 5.02 Å². The molecular formula is C17H20ClNO. The number of ether oxygens (including phenoxy) is 1. The summed E-state index contributed by atoms with van der Waals surface area (Å²) in [5.41, 5.74) is 2.32. The molecule has 1 unspecified atom stereocenters. The Labute approximate surface area is 125 Å². The van der Waals surface area contributed by atoms with Gasteiger partial charge < -0.3 is 10.1 Å². The minimum absolute atomic E-state index is 0.303. The lowest BCUT2D eigenvalue weighted by molar-refractivity contribution is 0.480. The highest BCUT2D eigenvalue weighted by atomic mass is 35.5. The predicted molar refractivity (Wildman–Crippen MR) is 84.8 cm³/mol. The van der Waals surface area contributed by atoms with E-state index >= 15 is 0 Å². The molecule has 0 heterocycles. The smallest absolute Gasteiger partial charge is 0.146 e. The molecule has 0 aliphatic rings. The number of hydrogen-bond acceptors (Lipinski definition) is 2. The van der Waals surface area contributed by atoms with Gasteiger partial charge in [0.1, 0.15) is 11.5 Å². The summed E-state index contributed by atoms with van der Waals surface area (Å²) in [7, 11) is 0. The highest BCUT2D eigenvalue weighted by molar-refractivity contribution is 6.32. The molecule has 0 fully saturated rings. The molecule has 0 aromatic heterocycles. The van der Waals surface area contributed by atoms with Gasteiger partial charge in [0.2, 0.25) is 0 Å². The van der Waals surface area contributed by atoms with E-state index in [2.05, 4.69) is 25.2 Å². The monoisotopic (exact) mass is 289 g/mol. The summed E-state index contributed by atoms with van der Waals surface area (Å²) in [6, 6.07) is 14.2. The maximum Gasteiger partial charge on any atom is 0.146 e. The number of benzene rings is 2. The number of hydrogen-bond donors (Lipinski definition) is 1. The van der Waals surface area contributed by atoms with Gasteiger partial charge in [-0.2, -0.15) is 0 Å². The zero-order valence-corrected chi connectivity index (χ0v) is 12.9. The third-order valence-electron chi connectivity index (χ3n) is 3.18. The average Bonchev–Trinajstić information content (AvgIpc) is 2.43. The van der Waals surface area contributed by atoms with Gasteiger partial charge in [-0.25, -0.2) is 0 Å². The largest absolute Gasteiger partial charge is 0.456 e. The third-order valence-corrected chi connectivity index (χ3v) is 3.48. The third kappa shape index (κ3) is 3.75. The second kappa shape index (κ2) is 6.78. The zero-order valence-electron chi connectivity index (χ0n) is 12.1. The number of aryl methyl sites for hydroxylation is 1. The van der Waals surface area contributed by atoms with E-state index in [-0.39, 0.29) is 0 Å². The van der Waals surface area contributed by atoms with Gasteiger partial charge in [-0.1, -0.05) is 36.7 Å². The first-order valence-electron chi connectivity index (χ1n) is 6.87. The SMILES string of the molecule is CCNC(C)c1cccc(Oc2ccc(C)cc2Cl)c1. The van der Waals surface area contributed by atoms with Crippen LogP contribution in [0.3, 0.4) is 0 Å². The average molecular weight is 290 g/mol. The summed E-state index contributed by atoms with van der Waals surface area (Å²) in [6.07, 6.45) is 0. The standard InChI is InChI=1S/C17H20ClNO/c1-4-19-13(3)14-6-5-7-15(11-14)20-17-9-8-12(2)10-16(17)18/h5-11,13,19H,4H2,1-3H3. The maximum atomic E-state index is 6.19. The van der Waals surface area contributed by atoms with E-state index in [1.807, 2.05) is 43.3 Å². The van der Waals surface area contributed by atoms with Crippen LogP contribution >= 0.6 is 11.6 Å². The number of rotatable bonds is 5. The molecule has 0 saturated heterocycles. The van der Waals surface area contributed by atoms with E-state index in [4.69, 9.17) is 16.3 Å². The minimum Gasteiger partial charge on any atom is -0.456 e. The van der Waals surface area contributed by atoms with Crippen LogP contribution in [0.1, 0.15) is 31.0 Å². The quantitative estimate of drug-likeness (QED) is 0.826. The highest BCUT2D eigenvalue weighted by Gasteiger charge is 2.07. The topological polar surface area (TPSA) is 21.3 Å². The molecule has 3 heteroatoms. The minimum atomic E-state index is 0.303. The first-order chi connectivity index (χ1) is 9.60. The van der Waals surface area contributed by atoms with Gasteiger partial charge in [-0.05, 0) is 55.8 Å². The van der Waals surface area contributed by atoms with Crippen LogP contribution in [0.4, 0.5) is 0 Å². The molecule has 2 nitrogen and oxygen atoms in total. The van der Waals surface area contributed by atoms with Crippen molar-refractivity contribution < 1.29 is 4.74 Å². The van der Waals surface area contributed by atoms with Gasteiger partial charge in [0.25, 0.3) is 0 Å². The van der Waals surface area contributed by atoms with Crippen LogP contribution in [0.5, 0.6) is 11.5 Å². The molecule has 106 valence electrons. The van der Waals surface area contributed by atoms with E-state index in [0.717, 1.165) is 17.9 Å². The molecule has 0 bridgehead atoms. The van der Waals surface area contributed by atoms with E-state index < -0.39 is 0 Å². The van der Waals surface area contributed by atoms with Crippen LogP contribution in [-0.2, 0) is 0 Å². The molecule has 0 saturated carbocycles. The normalized spacial score (nSPS) is 12.2. The molecule has 0 aliphatic carbocycles. The Hall–Kier alpha value is -1.51. The van der Waals surface area contributed by atoms with Crippen LogP contribution in [0, 0.1) is 6.92 Å². The van der Waals surface area contributed by atoms with Gasteiger partial charge >= 0.3 is 0 Å². The summed E-state index contributed by atoms with van der Waals surface area (Å²) in [4.78, 5) is 0. The van der Waals surface area contributed by atoms with Crippen molar-refractivity contribution in [2.75, 3.05) is 6.54 Å². The molecule has 1 N–H and O–H groups in total. The van der Waals surface area contributed by atoms with Crippen molar-refractivity contribution in [3.8, 4) is 11.5 Å². The van der Waals surface area contributed by atoms with Crippen LogP contribution in [0.25, 0.3) is 0 Å². The van der Waals surface area contributed by atoms with Gasteiger partial charge in [0.15, 0.2) is 0 Å². The predicted octanol–water partition coefficient (Wildman–Crippen LogP) is 5.11. The van der Waals surface area contributed by atoms with Crippen molar-refractivity contribution in [2.45, 2.75) is 26.8 Å². The fourth-order valence-electron chi connectivity index (χ4n) is 2.09. The summed E-state index contributed by atoms with van der Waals surface area (Å²) in [6.45, 7) is 7.19. The molecule has 1 atom stereocenters. The first-order valence-corrected chi connectivity index (χ1v) is 7.25. The van der Waals surface area contributed by atoms with E-state index in [1.165, 1.54) is 5.56 Å². The number of nitrogens with one attached hydrogen (secondary N) is 1. The van der Waals surface area contributed by atoms with Crippen molar-refractivity contribution in [3.05, 3.63) is 58.6 Å². The van der Waals surface area contributed by atoms with Crippen molar-refractivity contribution in [1.29, 1.82) is 0 Å². The Balaban J connectivity index is 2.19. The molecule has 0 radical (unpaired) electrons. The van der Waals surface area contributed by atoms with Gasteiger partial charge in [-0.3, -0.25) is 0 Å². The van der Waals surface area contributed by atoms with Crippen molar-refractivity contribution in [3.63, 3.8) is 0 Å². The lowest BCUT2D eigenvalue weighted by Gasteiger charge is -2.14. The zero-order chi connectivity index (χ0) is 14.5. The summed E-state index contributed by atoms with van der Waals surface area (Å²) < 4.78 is 5.87. The molecule has 2 rings (SSSR count). The lowest BCUT2D eigenvalue weighted by atomic mass is 10.1. The van der Waals surface area contributed by atoms with Crippen molar-refractivity contribution >= 4 is 11.6 Å². The fraction of sp³-hybridized carbons (Fsp3) is 0.294. The summed E-state index contributed by atoms with van der Waals surface area (Å²) in [5, 5.41) is 4.02. The van der Waals surface area contributed by atoms with Gasteiger partial charge in [-0.15, -0.1) is 0 Å². The molecular weight excluding hydrogens is 270 g/mol. The molecule has 0 spiro atoms. The van der Waals surface area contributed by atoms with Crippen LogP contribution in [-0.4, -0.2) is 6.54 Å². The Morgan fingerprint density at radius 3 is 2.70 bits per heavy atom. The van der Waals surface area contributed by atoms with E-state index in [0.29, 0.717) is 16.8 Å². The fourth-order valence-corrected chi connectivity index (χ4v) is 2.36. The molecule has 0 aliphatic heterocycles. The lowest BCUT2D eigenvalue weighted by Crippen LogP contribution is -2.17. The molecule has 2 aromatic rings. The molecule has 20 heavy (non-hydrogen) atoms. The van der Waals surface area contributed by atoms with Gasteiger partial charge in [0, 0.05) is 6.04 Å².